The zero-order valence-corrected chi connectivity index (χ0v) is 14.7. The molecule has 0 radical (unpaired) electrons. The first-order valence-corrected chi connectivity index (χ1v) is 8.27. The van der Waals surface area contributed by atoms with Crippen LogP contribution in [0, 0.1) is 5.82 Å². The van der Waals surface area contributed by atoms with Crippen molar-refractivity contribution in [1.82, 2.24) is 24.4 Å². The number of fused-ring (bicyclic) bond motifs is 2. The molecule has 2 aromatic heterocycles. The highest BCUT2D eigenvalue weighted by molar-refractivity contribution is 5.97. The summed E-state index contributed by atoms with van der Waals surface area (Å²) in [5.74, 6) is -0.0258. The summed E-state index contributed by atoms with van der Waals surface area (Å²) in [5, 5.41) is 0.457. The quantitative estimate of drug-likeness (QED) is 0.603. The summed E-state index contributed by atoms with van der Waals surface area (Å²) < 4.78 is 14.7. The van der Waals surface area contributed by atoms with Gasteiger partial charge in [-0.3, -0.25) is 9.59 Å². The summed E-state index contributed by atoms with van der Waals surface area (Å²) >= 11 is 0. The molecule has 0 aliphatic carbocycles. The first-order chi connectivity index (χ1) is 12.9. The van der Waals surface area contributed by atoms with E-state index in [2.05, 4.69) is 15.0 Å². The van der Waals surface area contributed by atoms with Crippen molar-refractivity contribution in [3.63, 3.8) is 0 Å². The molecule has 0 aliphatic rings. The highest BCUT2D eigenvalue weighted by Gasteiger charge is 2.15. The van der Waals surface area contributed by atoms with Gasteiger partial charge in [0.1, 0.15) is 11.6 Å². The Morgan fingerprint density at radius 1 is 1.22 bits per heavy atom. The van der Waals surface area contributed by atoms with E-state index in [0.29, 0.717) is 33.3 Å². The van der Waals surface area contributed by atoms with E-state index < -0.39 is 0 Å². The van der Waals surface area contributed by atoms with Crippen LogP contribution < -0.4 is 5.56 Å². The highest BCUT2D eigenvalue weighted by atomic mass is 19.1. The number of carbonyl (C=O) groups is 1. The number of aromatic nitrogens is 4. The van der Waals surface area contributed by atoms with Crippen LogP contribution in [-0.4, -0.2) is 37.4 Å². The largest absolute Gasteiger partial charge is 0.340 e. The number of benzene rings is 2. The first kappa shape index (κ1) is 16.9. The Hall–Kier alpha value is -3.55. The van der Waals surface area contributed by atoms with Gasteiger partial charge in [0.25, 0.3) is 11.5 Å². The Kier molecular flexibility index (Phi) is 3.95. The SMILES string of the molecule is CN(Cc1nc2ccc(F)cc2[nH]1)C(=O)c1ccc2c(=O)n(C)cnc2c1. The van der Waals surface area contributed by atoms with Gasteiger partial charge in [-0.05, 0) is 36.4 Å². The number of hydrogen-bond donors (Lipinski definition) is 1. The third kappa shape index (κ3) is 3.05. The molecule has 1 amide bonds. The zero-order valence-electron chi connectivity index (χ0n) is 14.7. The van der Waals surface area contributed by atoms with Gasteiger partial charge < -0.3 is 14.5 Å². The van der Waals surface area contributed by atoms with Crippen molar-refractivity contribution < 1.29 is 9.18 Å². The first-order valence-electron chi connectivity index (χ1n) is 8.27. The Bertz CT molecular complexity index is 1240. The fourth-order valence-electron chi connectivity index (χ4n) is 2.97. The van der Waals surface area contributed by atoms with Gasteiger partial charge in [0, 0.05) is 19.7 Å². The number of H-pyrrole nitrogens is 1. The van der Waals surface area contributed by atoms with Crippen LogP contribution in [0.5, 0.6) is 0 Å². The van der Waals surface area contributed by atoms with Gasteiger partial charge in [-0.2, -0.15) is 0 Å². The lowest BCUT2D eigenvalue weighted by Gasteiger charge is -2.16. The molecule has 2 aromatic carbocycles. The van der Waals surface area contributed by atoms with Crippen molar-refractivity contribution in [2.75, 3.05) is 7.05 Å². The van der Waals surface area contributed by atoms with Crippen LogP contribution in [0.25, 0.3) is 21.9 Å². The van der Waals surface area contributed by atoms with E-state index in [9.17, 15) is 14.0 Å². The van der Waals surface area contributed by atoms with Crippen LogP contribution in [0.1, 0.15) is 16.2 Å². The summed E-state index contributed by atoms with van der Waals surface area (Å²) in [7, 11) is 3.28. The number of rotatable bonds is 3. The maximum Gasteiger partial charge on any atom is 0.260 e. The predicted molar refractivity (Wildman–Crippen MR) is 98.8 cm³/mol. The number of amides is 1. The molecule has 2 heterocycles. The molecule has 0 fully saturated rings. The van der Waals surface area contributed by atoms with E-state index in [1.54, 1.807) is 38.4 Å². The minimum Gasteiger partial charge on any atom is -0.340 e. The molecule has 27 heavy (non-hydrogen) atoms. The number of imidazole rings is 1. The predicted octanol–water partition coefficient (Wildman–Crippen LogP) is 2.22. The maximum absolute atomic E-state index is 13.3. The van der Waals surface area contributed by atoms with Gasteiger partial charge in [-0.15, -0.1) is 0 Å². The highest BCUT2D eigenvalue weighted by Crippen LogP contribution is 2.16. The van der Waals surface area contributed by atoms with Gasteiger partial charge in [0.05, 0.1) is 34.8 Å². The molecule has 4 aromatic rings. The fraction of sp³-hybridized carbons (Fsp3) is 0.158. The van der Waals surface area contributed by atoms with Gasteiger partial charge in [0.15, 0.2) is 0 Å². The smallest absolute Gasteiger partial charge is 0.260 e. The second kappa shape index (κ2) is 6.31. The van der Waals surface area contributed by atoms with E-state index in [0.717, 1.165) is 0 Å². The Balaban J connectivity index is 1.60. The minimum absolute atomic E-state index is 0.165. The summed E-state index contributed by atoms with van der Waals surface area (Å²) in [6, 6.07) is 9.11. The van der Waals surface area contributed by atoms with Gasteiger partial charge >= 0.3 is 0 Å². The van der Waals surface area contributed by atoms with Crippen molar-refractivity contribution in [2.24, 2.45) is 7.05 Å². The molecule has 7 nitrogen and oxygen atoms in total. The molecule has 0 aliphatic heterocycles. The van der Waals surface area contributed by atoms with Crippen molar-refractivity contribution in [2.45, 2.75) is 6.54 Å². The van der Waals surface area contributed by atoms with E-state index >= 15 is 0 Å². The van der Waals surface area contributed by atoms with Crippen LogP contribution in [0.2, 0.25) is 0 Å². The second-order valence-corrected chi connectivity index (χ2v) is 6.40. The number of carbonyl (C=O) groups excluding carboxylic acids is 1. The third-order valence-corrected chi connectivity index (χ3v) is 4.39. The molecular formula is C19H16FN5O2. The normalized spacial score (nSPS) is 11.2. The minimum atomic E-state index is -0.350. The maximum atomic E-state index is 13.3. The number of aryl methyl sites for hydroxylation is 1. The standard InChI is InChI=1S/C19H16FN5O2/c1-24(9-17-22-14-6-4-12(20)8-16(14)23-17)18(26)11-3-5-13-15(7-11)21-10-25(2)19(13)27/h3-8,10H,9H2,1-2H3,(H,22,23). The van der Waals surface area contributed by atoms with Gasteiger partial charge in [0.2, 0.25) is 0 Å². The number of nitrogens with one attached hydrogen (secondary N) is 1. The van der Waals surface area contributed by atoms with E-state index in [4.69, 9.17) is 0 Å². The molecule has 8 heteroatoms. The molecule has 4 rings (SSSR count). The number of hydrogen-bond acceptors (Lipinski definition) is 4. The molecule has 0 saturated carbocycles. The van der Waals surface area contributed by atoms with Crippen molar-refractivity contribution in [1.29, 1.82) is 0 Å². The van der Waals surface area contributed by atoms with E-state index in [1.807, 2.05) is 0 Å². The van der Waals surface area contributed by atoms with Crippen LogP contribution in [0.3, 0.4) is 0 Å². The molecule has 136 valence electrons. The Labute approximate surface area is 153 Å². The molecule has 0 spiro atoms. The number of nitrogens with zero attached hydrogens (tertiary/aromatic N) is 4. The Morgan fingerprint density at radius 2 is 2.04 bits per heavy atom. The topological polar surface area (TPSA) is 83.9 Å². The van der Waals surface area contributed by atoms with Gasteiger partial charge in [-0.25, -0.2) is 14.4 Å². The molecular weight excluding hydrogens is 349 g/mol. The average molecular weight is 365 g/mol. The fourth-order valence-corrected chi connectivity index (χ4v) is 2.97. The van der Waals surface area contributed by atoms with Crippen molar-refractivity contribution >= 4 is 27.8 Å². The third-order valence-electron chi connectivity index (χ3n) is 4.39. The lowest BCUT2D eigenvalue weighted by Crippen LogP contribution is -2.27. The molecule has 0 saturated heterocycles. The summed E-state index contributed by atoms with van der Waals surface area (Å²) in [6.07, 6.45) is 1.43. The second-order valence-electron chi connectivity index (χ2n) is 6.40. The molecule has 1 N–H and O–H groups in total. The average Bonchev–Trinajstić information content (AvgIpc) is 3.05. The van der Waals surface area contributed by atoms with Crippen LogP contribution in [0.15, 0.2) is 47.5 Å². The van der Waals surface area contributed by atoms with Crippen molar-refractivity contribution in [3.8, 4) is 0 Å². The lowest BCUT2D eigenvalue weighted by molar-refractivity contribution is 0.0782. The van der Waals surface area contributed by atoms with E-state index in [1.165, 1.54) is 27.9 Å². The van der Waals surface area contributed by atoms with E-state index in [-0.39, 0.29) is 23.8 Å². The molecule has 0 atom stereocenters. The van der Waals surface area contributed by atoms with Crippen LogP contribution >= 0.6 is 0 Å². The Morgan fingerprint density at radius 3 is 2.85 bits per heavy atom. The summed E-state index contributed by atoms with van der Waals surface area (Å²) in [6.45, 7) is 0.233. The lowest BCUT2D eigenvalue weighted by atomic mass is 10.1. The zero-order chi connectivity index (χ0) is 19.1. The molecule has 0 bridgehead atoms. The molecule has 0 unspecified atom stereocenters. The number of aromatic amines is 1. The van der Waals surface area contributed by atoms with Crippen LogP contribution in [0.4, 0.5) is 4.39 Å². The summed E-state index contributed by atoms with van der Waals surface area (Å²) in [4.78, 5) is 37.9. The number of halogens is 1. The summed E-state index contributed by atoms with van der Waals surface area (Å²) in [5.41, 5.74) is 1.95. The van der Waals surface area contributed by atoms with Crippen molar-refractivity contribution in [3.05, 3.63) is 70.3 Å². The monoisotopic (exact) mass is 365 g/mol. The van der Waals surface area contributed by atoms with Crippen LogP contribution in [-0.2, 0) is 13.6 Å². The van der Waals surface area contributed by atoms with Gasteiger partial charge in [-0.1, -0.05) is 0 Å².